The van der Waals surface area contributed by atoms with E-state index in [1.165, 1.54) is 18.5 Å². The monoisotopic (exact) mass is 411 g/mol. The Bertz CT molecular complexity index is 746. The number of carbonyl (C=O) groups is 1. The Morgan fingerprint density at radius 3 is 2.71 bits per heavy atom. The number of esters is 1. The quantitative estimate of drug-likeness (QED) is 0.279. The average molecular weight is 412 g/mol. The Labute approximate surface area is 166 Å². The molecule has 1 saturated heterocycles. The fourth-order valence-electron chi connectivity index (χ4n) is 2.94. The van der Waals surface area contributed by atoms with E-state index in [2.05, 4.69) is 24.9 Å². The predicted molar refractivity (Wildman–Crippen MR) is 106 cm³/mol. The van der Waals surface area contributed by atoms with Crippen LogP contribution in [0.1, 0.15) is 26.7 Å². The maximum Gasteiger partial charge on any atom is 0.309 e. The topological polar surface area (TPSA) is 113 Å². The summed E-state index contributed by atoms with van der Waals surface area (Å²) in [5, 5.41) is 3.22. The molecule has 2 heterocycles. The Morgan fingerprint density at radius 2 is 2.11 bits per heavy atom. The number of pyridine rings is 1. The molecule has 2 rings (SSSR count). The number of hydrogen-bond donors (Lipinski definition) is 2. The van der Waals surface area contributed by atoms with Crippen molar-refractivity contribution >= 4 is 22.0 Å². The van der Waals surface area contributed by atoms with Crippen molar-refractivity contribution < 1.29 is 17.9 Å². The summed E-state index contributed by atoms with van der Waals surface area (Å²) in [6.45, 7) is 6.80. The fourth-order valence-corrected chi connectivity index (χ4v) is 3.93. The van der Waals surface area contributed by atoms with Crippen molar-refractivity contribution in [3.63, 3.8) is 0 Å². The number of aromatic nitrogens is 1. The van der Waals surface area contributed by atoms with Gasteiger partial charge in [-0.05, 0) is 38.8 Å². The molecule has 28 heavy (non-hydrogen) atoms. The molecule has 0 aliphatic carbocycles. The summed E-state index contributed by atoms with van der Waals surface area (Å²) in [5.41, 5.74) is 0. The minimum atomic E-state index is -3.58. The van der Waals surface area contributed by atoms with Gasteiger partial charge in [-0.3, -0.25) is 14.8 Å². The van der Waals surface area contributed by atoms with E-state index in [0.717, 1.165) is 18.8 Å². The molecule has 2 N–H and O–H groups in total. The van der Waals surface area contributed by atoms with Crippen LogP contribution in [0.2, 0.25) is 0 Å². The van der Waals surface area contributed by atoms with Crippen LogP contribution >= 0.6 is 0 Å². The van der Waals surface area contributed by atoms with Gasteiger partial charge in [0.15, 0.2) is 5.96 Å². The van der Waals surface area contributed by atoms with E-state index in [0.29, 0.717) is 32.8 Å². The molecule has 0 amide bonds. The van der Waals surface area contributed by atoms with Crippen LogP contribution in [-0.2, 0) is 19.6 Å². The largest absolute Gasteiger partial charge is 0.466 e. The molecular weight excluding hydrogens is 382 g/mol. The molecule has 1 fully saturated rings. The molecule has 9 nitrogen and oxygen atoms in total. The van der Waals surface area contributed by atoms with Crippen LogP contribution in [-0.4, -0.2) is 69.6 Å². The molecule has 0 spiro atoms. The molecule has 10 heteroatoms. The maximum atomic E-state index is 12.2. The van der Waals surface area contributed by atoms with E-state index in [-0.39, 0.29) is 23.3 Å². The van der Waals surface area contributed by atoms with Crippen LogP contribution in [0.5, 0.6) is 0 Å². The lowest BCUT2D eigenvalue weighted by molar-refractivity contribution is -0.149. The van der Waals surface area contributed by atoms with Gasteiger partial charge in [0.2, 0.25) is 10.0 Å². The van der Waals surface area contributed by atoms with Crippen LogP contribution in [0.4, 0.5) is 0 Å². The van der Waals surface area contributed by atoms with Gasteiger partial charge in [0, 0.05) is 38.6 Å². The Hall–Kier alpha value is -2.20. The third-order valence-corrected chi connectivity index (χ3v) is 5.81. The zero-order valence-corrected chi connectivity index (χ0v) is 17.2. The van der Waals surface area contributed by atoms with Crippen molar-refractivity contribution in [3.8, 4) is 0 Å². The van der Waals surface area contributed by atoms with E-state index in [9.17, 15) is 13.2 Å². The number of rotatable bonds is 8. The van der Waals surface area contributed by atoms with Crippen molar-refractivity contribution in [2.24, 2.45) is 10.9 Å². The number of hydrogen-bond acceptors (Lipinski definition) is 6. The number of nitrogens with zero attached hydrogens (tertiary/aromatic N) is 3. The van der Waals surface area contributed by atoms with Gasteiger partial charge in [0.25, 0.3) is 0 Å². The number of carbonyl (C=O) groups excluding carboxylic acids is 1. The number of aliphatic imine (C=N–C) groups is 1. The number of ether oxygens (including phenoxy) is 1. The smallest absolute Gasteiger partial charge is 0.309 e. The van der Waals surface area contributed by atoms with E-state index in [1.807, 2.05) is 13.8 Å². The summed E-state index contributed by atoms with van der Waals surface area (Å²) >= 11 is 0. The Kier molecular flexibility index (Phi) is 8.65. The van der Waals surface area contributed by atoms with Crippen molar-refractivity contribution in [1.82, 2.24) is 19.9 Å². The summed E-state index contributed by atoms with van der Waals surface area (Å²) in [6.07, 6.45) is 4.27. The van der Waals surface area contributed by atoms with Gasteiger partial charge in [-0.15, -0.1) is 0 Å². The lowest BCUT2D eigenvalue weighted by Crippen LogP contribution is -2.47. The van der Waals surface area contributed by atoms with E-state index in [4.69, 9.17) is 4.74 Å². The average Bonchev–Trinajstić information content (AvgIpc) is 2.71. The zero-order chi connectivity index (χ0) is 20.4. The maximum absolute atomic E-state index is 12.2. The molecule has 0 atom stereocenters. The molecule has 1 aliphatic heterocycles. The standard InChI is InChI=1S/C18H29N5O4S/c1-3-20-18(23-12-7-15(8-13-23)17(24)27-4-2)21-10-11-22-28(25,26)16-6-5-9-19-14-16/h5-6,9,14-15,22H,3-4,7-8,10-13H2,1-2H3,(H,20,21). The first kappa shape index (κ1) is 22.1. The SMILES string of the molecule is CCNC(=NCCNS(=O)(=O)c1cccnc1)N1CCC(C(=O)OCC)CC1. The highest BCUT2D eigenvalue weighted by atomic mass is 32.2. The summed E-state index contributed by atoms with van der Waals surface area (Å²) in [4.78, 5) is 22.4. The van der Waals surface area contributed by atoms with Crippen LogP contribution in [0.3, 0.4) is 0 Å². The summed E-state index contributed by atoms with van der Waals surface area (Å²) in [6, 6.07) is 3.08. The van der Waals surface area contributed by atoms with Gasteiger partial charge in [-0.2, -0.15) is 0 Å². The van der Waals surface area contributed by atoms with Crippen LogP contribution in [0.25, 0.3) is 0 Å². The number of nitrogens with one attached hydrogen (secondary N) is 2. The second-order valence-electron chi connectivity index (χ2n) is 6.34. The van der Waals surface area contributed by atoms with Crippen LogP contribution in [0.15, 0.2) is 34.4 Å². The number of guanidine groups is 1. The second kappa shape index (κ2) is 11.0. The Morgan fingerprint density at radius 1 is 1.36 bits per heavy atom. The number of piperidine rings is 1. The van der Waals surface area contributed by atoms with Gasteiger partial charge in [-0.25, -0.2) is 13.1 Å². The van der Waals surface area contributed by atoms with Crippen LogP contribution in [0, 0.1) is 5.92 Å². The molecule has 1 aromatic heterocycles. The molecule has 156 valence electrons. The first-order valence-corrected chi connectivity index (χ1v) is 11.1. The summed E-state index contributed by atoms with van der Waals surface area (Å²) in [7, 11) is -3.58. The molecule has 1 aliphatic rings. The third kappa shape index (κ3) is 6.45. The number of likely N-dealkylation sites (tertiary alicyclic amines) is 1. The van der Waals surface area contributed by atoms with Gasteiger partial charge >= 0.3 is 5.97 Å². The van der Waals surface area contributed by atoms with Crippen molar-refractivity contribution in [2.45, 2.75) is 31.6 Å². The van der Waals surface area contributed by atoms with Gasteiger partial charge in [0.05, 0.1) is 19.1 Å². The second-order valence-corrected chi connectivity index (χ2v) is 8.10. The predicted octanol–water partition coefficient (Wildman–Crippen LogP) is 0.601. The van der Waals surface area contributed by atoms with Gasteiger partial charge < -0.3 is 15.0 Å². The zero-order valence-electron chi connectivity index (χ0n) is 16.4. The highest BCUT2D eigenvalue weighted by Gasteiger charge is 2.27. The first-order valence-electron chi connectivity index (χ1n) is 9.57. The lowest BCUT2D eigenvalue weighted by Gasteiger charge is -2.33. The van der Waals surface area contributed by atoms with Crippen molar-refractivity contribution in [1.29, 1.82) is 0 Å². The molecule has 1 aromatic rings. The van der Waals surface area contributed by atoms with Crippen molar-refractivity contribution in [3.05, 3.63) is 24.5 Å². The van der Waals surface area contributed by atoms with E-state index >= 15 is 0 Å². The third-order valence-electron chi connectivity index (χ3n) is 4.36. The molecular formula is C18H29N5O4S. The fraction of sp³-hybridized carbons (Fsp3) is 0.611. The highest BCUT2D eigenvalue weighted by Crippen LogP contribution is 2.18. The minimum absolute atomic E-state index is 0.0645. The molecule has 0 unspecified atom stereocenters. The minimum Gasteiger partial charge on any atom is -0.466 e. The molecule has 0 bridgehead atoms. The van der Waals surface area contributed by atoms with E-state index < -0.39 is 10.0 Å². The van der Waals surface area contributed by atoms with Crippen LogP contribution < -0.4 is 10.0 Å². The molecule has 0 aromatic carbocycles. The summed E-state index contributed by atoms with van der Waals surface area (Å²) < 4.78 is 32.0. The molecule has 0 saturated carbocycles. The highest BCUT2D eigenvalue weighted by molar-refractivity contribution is 7.89. The van der Waals surface area contributed by atoms with Crippen molar-refractivity contribution in [2.75, 3.05) is 39.3 Å². The lowest BCUT2D eigenvalue weighted by atomic mass is 9.97. The van der Waals surface area contributed by atoms with Gasteiger partial charge in [0.1, 0.15) is 4.90 Å². The Balaban J connectivity index is 1.86. The van der Waals surface area contributed by atoms with E-state index in [1.54, 1.807) is 6.07 Å². The number of sulfonamides is 1. The normalized spacial score (nSPS) is 16.1. The van der Waals surface area contributed by atoms with Gasteiger partial charge in [-0.1, -0.05) is 0 Å². The first-order chi connectivity index (χ1) is 13.5. The molecule has 0 radical (unpaired) electrons. The summed E-state index contributed by atoms with van der Waals surface area (Å²) in [5.74, 6) is 0.532.